The molecule has 0 spiro atoms. The standard InChI is InChI=1S/C24H34N4O3.HI/c1-6-26-24(27-16-18-10-9-11-20(14-18)23(29)25-5)28-17(4)19-12-13-21(30-7-2)22(15-19)31-8-3;/h9-15,17H,6-8,16H2,1-5H3,(H,25,29)(H2,26,27,28);1H. The number of guanidine groups is 1. The van der Waals surface area contributed by atoms with E-state index in [1.54, 1.807) is 13.1 Å². The van der Waals surface area contributed by atoms with Gasteiger partial charge in [0.15, 0.2) is 17.5 Å². The van der Waals surface area contributed by atoms with Crippen molar-refractivity contribution >= 4 is 35.8 Å². The molecule has 1 unspecified atom stereocenters. The molecule has 0 aliphatic carbocycles. The highest BCUT2D eigenvalue weighted by molar-refractivity contribution is 14.0. The third-order valence-electron chi connectivity index (χ3n) is 4.60. The van der Waals surface area contributed by atoms with Crippen molar-refractivity contribution in [2.75, 3.05) is 26.8 Å². The third kappa shape index (κ3) is 8.22. The van der Waals surface area contributed by atoms with Crippen LogP contribution in [0.15, 0.2) is 47.5 Å². The number of nitrogens with one attached hydrogen (secondary N) is 3. The van der Waals surface area contributed by atoms with Crippen LogP contribution in [0.2, 0.25) is 0 Å². The lowest BCUT2D eigenvalue weighted by molar-refractivity contribution is 0.0963. The summed E-state index contributed by atoms with van der Waals surface area (Å²) in [4.78, 5) is 16.5. The summed E-state index contributed by atoms with van der Waals surface area (Å²) in [6.45, 7) is 10.4. The zero-order valence-electron chi connectivity index (χ0n) is 19.5. The molecule has 0 aliphatic heterocycles. The summed E-state index contributed by atoms with van der Waals surface area (Å²) in [7, 11) is 1.62. The Bertz CT molecular complexity index is 889. The van der Waals surface area contributed by atoms with Crippen LogP contribution in [-0.2, 0) is 6.54 Å². The molecular weight excluding hydrogens is 519 g/mol. The predicted molar refractivity (Wildman–Crippen MR) is 140 cm³/mol. The third-order valence-corrected chi connectivity index (χ3v) is 4.60. The highest BCUT2D eigenvalue weighted by atomic mass is 127. The van der Waals surface area contributed by atoms with Gasteiger partial charge in [0, 0.05) is 19.2 Å². The monoisotopic (exact) mass is 554 g/mol. The number of hydrogen-bond donors (Lipinski definition) is 3. The second kappa shape index (κ2) is 14.5. The molecule has 2 aromatic carbocycles. The lowest BCUT2D eigenvalue weighted by Crippen LogP contribution is -2.38. The molecule has 0 saturated heterocycles. The van der Waals surface area contributed by atoms with E-state index in [0.29, 0.717) is 31.3 Å². The summed E-state index contributed by atoms with van der Waals surface area (Å²) in [6.07, 6.45) is 0. The van der Waals surface area contributed by atoms with Crippen LogP contribution in [0.1, 0.15) is 55.2 Å². The van der Waals surface area contributed by atoms with Gasteiger partial charge >= 0.3 is 0 Å². The number of nitrogens with zero attached hydrogens (tertiary/aromatic N) is 1. The van der Waals surface area contributed by atoms with Crippen molar-refractivity contribution in [1.29, 1.82) is 0 Å². The average Bonchev–Trinajstić information content (AvgIpc) is 2.78. The highest BCUT2D eigenvalue weighted by Crippen LogP contribution is 2.30. The first-order valence-corrected chi connectivity index (χ1v) is 10.8. The van der Waals surface area contributed by atoms with Gasteiger partial charge < -0.3 is 25.4 Å². The first-order valence-electron chi connectivity index (χ1n) is 10.8. The van der Waals surface area contributed by atoms with Crippen molar-refractivity contribution in [2.45, 2.75) is 40.3 Å². The van der Waals surface area contributed by atoms with Crippen molar-refractivity contribution in [3.8, 4) is 11.5 Å². The first kappa shape index (κ1) is 27.5. The molecule has 0 aromatic heterocycles. The maximum Gasteiger partial charge on any atom is 0.251 e. The van der Waals surface area contributed by atoms with Crippen LogP contribution in [0.4, 0.5) is 0 Å². The number of carbonyl (C=O) groups excluding carboxylic acids is 1. The Hall–Kier alpha value is -2.49. The number of ether oxygens (including phenoxy) is 2. The van der Waals surface area contributed by atoms with E-state index >= 15 is 0 Å². The molecule has 176 valence electrons. The largest absolute Gasteiger partial charge is 0.490 e. The van der Waals surface area contributed by atoms with Gasteiger partial charge in [-0.2, -0.15) is 0 Å². The van der Waals surface area contributed by atoms with Gasteiger partial charge in [-0.1, -0.05) is 18.2 Å². The van der Waals surface area contributed by atoms with Crippen LogP contribution in [0, 0.1) is 0 Å². The minimum atomic E-state index is -0.106. The van der Waals surface area contributed by atoms with Gasteiger partial charge in [-0.15, -0.1) is 24.0 Å². The number of amides is 1. The molecule has 0 fully saturated rings. The quantitative estimate of drug-likeness (QED) is 0.232. The van der Waals surface area contributed by atoms with E-state index in [0.717, 1.165) is 29.2 Å². The Morgan fingerprint density at radius 3 is 2.41 bits per heavy atom. The molecule has 2 rings (SSSR count). The number of hydrogen-bond acceptors (Lipinski definition) is 4. The van der Waals surface area contributed by atoms with Crippen LogP contribution >= 0.6 is 24.0 Å². The van der Waals surface area contributed by atoms with E-state index in [9.17, 15) is 4.79 Å². The van der Waals surface area contributed by atoms with Gasteiger partial charge in [0.1, 0.15) is 0 Å². The molecule has 0 aliphatic rings. The Morgan fingerprint density at radius 2 is 1.75 bits per heavy atom. The van der Waals surface area contributed by atoms with Gasteiger partial charge in [-0.3, -0.25) is 4.79 Å². The van der Waals surface area contributed by atoms with Gasteiger partial charge in [0.05, 0.1) is 25.8 Å². The fraction of sp³-hybridized carbons (Fsp3) is 0.417. The smallest absolute Gasteiger partial charge is 0.251 e. The molecule has 7 nitrogen and oxygen atoms in total. The molecule has 0 heterocycles. The number of benzene rings is 2. The topological polar surface area (TPSA) is 84.0 Å². The lowest BCUT2D eigenvalue weighted by Gasteiger charge is -2.20. The van der Waals surface area contributed by atoms with Gasteiger partial charge in [0.25, 0.3) is 5.91 Å². The summed E-state index contributed by atoms with van der Waals surface area (Å²) in [5.41, 5.74) is 2.66. The van der Waals surface area contributed by atoms with Crippen molar-refractivity contribution in [1.82, 2.24) is 16.0 Å². The fourth-order valence-corrected chi connectivity index (χ4v) is 3.07. The number of aliphatic imine (C=N–C) groups is 1. The SMILES string of the molecule is CCNC(=NCc1cccc(C(=O)NC)c1)NC(C)c1ccc(OCC)c(OCC)c1.I. The molecule has 0 radical (unpaired) electrons. The van der Waals surface area contributed by atoms with E-state index in [4.69, 9.17) is 9.47 Å². The van der Waals surface area contributed by atoms with Crippen LogP contribution < -0.4 is 25.4 Å². The van der Waals surface area contributed by atoms with Gasteiger partial charge in [-0.05, 0) is 63.1 Å². The first-order chi connectivity index (χ1) is 15.0. The molecule has 0 saturated carbocycles. The lowest BCUT2D eigenvalue weighted by atomic mass is 10.1. The van der Waals surface area contributed by atoms with E-state index in [-0.39, 0.29) is 35.9 Å². The summed E-state index contributed by atoms with van der Waals surface area (Å²) < 4.78 is 11.4. The summed E-state index contributed by atoms with van der Waals surface area (Å²) in [5.74, 6) is 2.08. The Morgan fingerprint density at radius 1 is 1.03 bits per heavy atom. The van der Waals surface area contributed by atoms with Crippen molar-refractivity contribution in [3.63, 3.8) is 0 Å². The maximum absolute atomic E-state index is 11.9. The Labute approximate surface area is 208 Å². The molecule has 1 amide bonds. The molecule has 8 heteroatoms. The van der Waals surface area contributed by atoms with Crippen LogP contribution in [0.25, 0.3) is 0 Å². The van der Waals surface area contributed by atoms with E-state index in [1.165, 1.54) is 0 Å². The molecule has 1 atom stereocenters. The zero-order valence-corrected chi connectivity index (χ0v) is 21.9. The molecular formula is C24H35IN4O3. The molecule has 32 heavy (non-hydrogen) atoms. The number of rotatable bonds is 10. The summed E-state index contributed by atoms with van der Waals surface area (Å²) >= 11 is 0. The van der Waals surface area contributed by atoms with E-state index in [2.05, 4.69) is 27.9 Å². The normalized spacial score (nSPS) is 11.7. The van der Waals surface area contributed by atoms with Crippen LogP contribution in [-0.4, -0.2) is 38.7 Å². The zero-order chi connectivity index (χ0) is 22.6. The van der Waals surface area contributed by atoms with Gasteiger partial charge in [-0.25, -0.2) is 4.99 Å². The Balaban J connectivity index is 0.00000512. The van der Waals surface area contributed by atoms with E-state index in [1.807, 2.05) is 57.2 Å². The molecule has 0 bridgehead atoms. The fourth-order valence-electron chi connectivity index (χ4n) is 3.07. The minimum Gasteiger partial charge on any atom is -0.490 e. The highest BCUT2D eigenvalue weighted by Gasteiger charge is 2.12. The summed E-state index contributed by atoms with van der Waals surface area (Å²) in [6, 6.07) is 13.5. The predicted octanol–water partition coefficient (Wildman–Crippen LogP) is 4.28. The maximum atomic E-state index is 11.9. The summed E-state index contributed by atoms with van der Waals surface area (Å²) in [5, 5.41) is 9.36. The van der Waals surface area contributed by atoms with E-state index < -0.39 is 0 Å². The minimum absolute atomic E-state index is 0. The van der Waals surface area contributed by atoms with Crippen LogP contribution in [0.3, 0.4) is 0 Å². The van der Waals surface area contributed by atoms with Crippen molar-refractivity contribution in [3.05, 3.63) is 59.2 Å². The number of carbonyl (C=O) groups is 1. The van der Waals surface area contributed by atoms with Crippen molar-refractivity contribution < 1.29 is 14.3 Å². The Kier molecular flexibility index (Phi) is 12.5. The second-order valence-corrected chi connectivity index (χ2v) is 6.91. The van der Waals surface area contributed by atoms with Gasteiger partial charge in [0.2, 0.25) is 0 Å². The van der Waals surface area contributed by atoms with Crippen molar-refractivity contribution in [2.24, 2.45) is 4.99 Å². The average molecular weight is 554 g/mol. The molecule has 3 N–H and O–H groups in total. The van der Waals surface area contributed by atoms with Crippen LogP contribution in [0.5, 0.6) is 11.5 Å². The number of halogens is 1. The molecule has 2 aromatic rings. The second-order valence-electron chi connectivity index (χ2n) is 6.91.